The van der Waals surface area contributed by atoms with E-state index < -0.39 is 30.5 Å². The van der Waals surface area contributed by atoms with Gasteiger partial charge in [0.2, 0.25) is 11.8 Å². The van der Waals surface area contributed by atoms with Crippen molar-refractivity contribution in [3.8, 4) is 5.88 Å². The van der Waals surface area contributed by atoms with E-state index in [2.05, 4.69) is 15.0 Å². The minimum Gasteiger partial charge on any atom is -0.479 e. The molecule has 3 rings (SSSR count). The Balaban J connectivity index is 2.24. The molecule has 0 bridgehead atoms. The summed E-state index contributed by atoms with van der Waals surface area (Å²) in [7, 11) is 1.43. The molecule has 24 heavy (non-hydrogen) atoms. The first kappa shape index (κ1) is 16.6. The van der Waals surface area contributed by atoms with Crippen molar-refractivity contribution in [3.05, 3.63) is 5.82 Å². The van der Waals surface area contributed by atoms with Gasteiger partial charge in [0.25, 0.3) is 0 Å². The molecule has 2 aromatic heterocycles. The van der Waals surface area contributed by atoms with Crippen LogP contribution >= 0.6 is 0 Å². The zero-order chi connectivity index (χ0) is 17.6. The highest BCUT2D eigenvalue weighted by molar-refractivity contribution is 5.78. The minimum atomic E-state index is -1.29. The van der Waals surface area contributed by atoms with Crippen molar-refractivity contribution in [2.75, 3.05) is 19.5 Å². The number of nitrogens with two attached hydrogens (primary N) is 1. The van der Waals surface area contributed by atoms with Crippen molar-refractivity contribution < 1.29 is 24.5 Å². The number of nitrogen functional groups attached to an aromatic ring is 1. The van der Waals surface area contributed by atoms with Crippen LogP contribution in [-0.2, 0) is 9.53 Å². The van der Waals surface area contributed by atoms with Crippen LogP contribution < -0.4 is 10.5 Å². The van der Waals surface area contributed by atoms with Gasteiger partial charge in [0.1, 0.15) is 18.2 Å². The number of anilines is 1. The number of hydrogen-bond acceptors (Lipinski definition) is 9. The fraction of sp³-hybridized carbons (Fsp3) is 0.571. The Morgan fingerprint density at radius 2 is 2.17 bits per heavy atom. The molecule has 0 amide bonds. The lowest BCUT2D eigenvalue weighted by atomic mass is 9.84. The molecule has 1 aliphatic heterocycles. The Hall–Kier alpha value is -2.30. The molecule has 130 valence electrons. The predicted octanol–water partition coefficient (Wildman–Crippen LogP) is -0.819. The number of rotatable bonds is 4. The summed E-state index contributed by atoms with van der Waals surface area (Å²) in [6.07, 6.45) is -2.37. The summed E-state index contributed by atoms with van der Waals surface area (Å²) in [5.74, 6) is 0.655. The molecule has 0 radical (unpaired) electrons. The molecule has 1 saturated heterocycles. The third-order valence-electron chi connectivity index (χ3n) is 4.39. The van der Waals surface area contributed by atoms with Crippen LogP contribution in [0.4, 0.5) is 5.95 Å². The van der Waals surface area contributed by atoms with Crippen molar-refractivity contribution in [1.29, 1.82) is 0 Å². The minimum absolute atomic E-state index is 0.0226. The Bertz CT molecular complexity index is 793. The van der Waals surface area contributed by atoms with Crippen LogP contribution in [0.2, 0.25) is 0 Å². The zero-order valence-corrected chi connectivity index (χ0v) is 13.5. The topological polar surface area (TPSA) is 146 Å². The number of ether oxygens (including phenoxy) is 2. The van der Waals surface area contributed by atoms with E-state index in [1.54, 1.807) is 18.4 Å². The van der Waals surface area contributed by atoms with Gasteiger partial charge in [-0.15, -0.1) is 0 Å². The second kappa shape index (κ2) is 5.65. The summed E-state index contributed by atoms with van der Waals surface area (Å²) < 4.78 is 12.5. The van der Waals surface area contributed by atoms with Crippen molar-refractivity contribution in [3.63, 3.8) is 0 Å². The first-order chi connectivity index (χ1) is 11.4. The van der Waals surface area contributed by atoms with Crippen molar-refractivity contribution in [1.82, 2.24) is 19.5 Å². The summed E-state index contributed by atoms with van der Waals surface area (Å²) in [4.78, 5) is 24.2. The van der Waals surface area contributed by atoms with Gasteiger partial charge >= 0.3 is 0 Å². The van der Waals surface area contributed by atoms with Gasteiger partial charge in [-0.05, 0) is 13.8 Å². The maximum atomic E-state index is 11.7. The number of aliphatic hydroxyl groups excluding tert-OH is 2. The summed E-state index contributed by atoms with van der Waals surface area (Å²) in [6.45, 7) is 2.83. The van der Waals surface area contributed by atoms with Gasteiger partial charge in [0.15, 0.2) is 17.4 Å². The predicted molar refractivity (Wildman–Crippen MR) is 82.2 cm³/mol. The van der Waals surface area contributed by atoms with Crippen LogP contribution in [0.3, 0.4) is 0 Å². The normalized spacial score (nSPS) is 30.0. The highest BCUT2D eigenvalue weighted by atomic mass is 16.5. The van der Waals surface area contributed by atoms with E-state index >= 15 is 0 Å². The maximum Gasteiger partial charge on any atom is 0.246 e. The zero-order valence-electron chi connectivity index (χ0n) is 13.5. The molecular formula is C14H19N5O5. The van der Waals surface area contributed by atoms with E-state index in [4.69, 9.17) is 15.2 Å². The molecule has 10 heteroatoms. The van der Waals surface area contributed by atoms with Gasteiger partial charge in [0, 0.05) is 0 Å². The number of aldehydes is 1. The van der Waals surface area contributed by atoms with Gasteiger partial charge in [-0.1, -0.05) is 0 Å². The molecule has 3 heterocycles. The molecular weight excluding hydrogens is 318 g/mol. The largest absolute Gasteiger partial charge is 0.479 e. The third-order valence-corrected chi connectivity index (χ3v) is 4.39. The van der Waals surface area contributed by atoms with Crippen LogP contribution in [0.25, 0.3) is 11.2 Å². The van der Waals surface area contributed by atoms with Gasteiger partial charge in [-0.25, -0.2) is 4.98 Å². The molecule has 2 aromatic rings. The maximum absolute atomic E-state index is 11.7. The number of methoxy groups -OCH3 is 1. The molecule has 0 saturated carbocycles. The van der Waals surface area contributed by atoms with Crippen LogP contribution in [0.1, 0.15) is 19.0 Å². The lowest BCUT2D eigenvalue weighted by molar-refractivity contribution is -0.125. The van der Waals surface area contributed by atoms with Crippen LogP contribution in [0.15, 0.2) is 0 Å². The highest BCUT2D eigenvalue weighted by Crippen LogP contribution is 2.45. The summed E-state index contributed by atoms with van der Waals surface area (Å²) >= 11 is 0. The number of carbonyl (C=O) groups is 1. The molecule has 10 nitrogen and oxygen atoms in total. The number of fused-ring (bicyclic) bond motifs is 1. The monoisotopic (exact) mass is 337 g/mol. The molecule has 4 N–H and O–H groups in total. The average Bonchev–Trinajstić information content (AvgIpc) is 3.01. The summed E-state index contributed by atoms with van der Waals surface area (Å²) in [6, 6.07) is 0. The molecule has 0 spiro atoms. The van der Waals surface area contributed by atoms with Gasteiger partial charge < -0.3 is 30.2 Å². The number of aromatic nitrogens is 4. The quantitative estimate of drug-likeness (QED) is 0.609. The molecule has 4 unspecified atom stereocenters. The first-order valence-corrected chi connectivity index (χ1v) is 7.34. The Labute approximate surface area is 137 Å². The fourth-order valence-electron chi connectivity index (χ4n) is 3.04. The van der Waals surface area contributed by atoms with Crippen molar-refractivity contribution in [2.45, 2.75) is 32.3 Å². The van der Waals surface area contributed by atoms with Gasteiger partial charge in [-0.3, -0.25) is 4.57 Å². The van der Waals surface area contributed by atoms with Crippen LogP contribution in [0.5, 0.6) is 5.88 Å². The highest BCUT2D eigenvalue weighted by Gasteiger charge is 2.54. The SMILES string of the molecule is COc1nc(N)nc2c1nc(C)n2C1OC(CO)C(O)C1(C)C=O. The second-order valence-corrected chi connectivity index (χ2v) is 5.93. The van der Waals surface area contributed by atoms with Gasteiger partial charge in [-0.2, -0.15) is 9.97 Å². The Morgan fingerprint density at radius 3 is 2.75 bits per heavy atom. The molecule has 1 aliphatic rings. The Morgan fingerprint density at radius 1 is 1.46 bits per heavy atom. The number of aliphatic hydroxyl groups is 2. The standard InChI is InChI=1S/C14H19N5O5/c1-6-16-8-10(17-13(15)18-11(8)23-3)19(6)12-14(2,5-21)9(22)7(4-20)24-12/h5,7,9,12,20,22H,4H2,1-3H3,(H2,15,17,18). The van der Waals surface area contributed by atoms with Crippen LogP contribution in [0, 0.1) is 12.3 Å². The fourth-order valence-corrected chi connectivity index (χ4v) is 3.04. The third kappa shape index (κ3) is 2.14. The van der Waals surface area contributed by atoms with E-state index in [0.29, 0.717) is 23.3 Å². The van der Waals surface area contributed by atoms with Crippen LogP contribution in [-0.4, -0.2) is 61.9 Å². The number of aryl methyl sites for hydroxylation is 1. The average molecular weight is 337 g/mol. The lowest BCUT2D eigenvalue weighted by Crippen LogP contribution is -2.39. The smallest absolute Gasteiger partial charge is 0.246 e. The van der Waals surface area contributed by atoms with E-state index in [1.807, 2.05) is 0 Å². The number of nitrogens with zero attached hydrogens (tertiary/aromatic N) is 4. The van der Waals surface area contributed by atoms with E-state index in [1.165, 1.54) is 7.11 Å². The lowest BCUT2D eigenvalue weighted by Gasteiger charge is -2.28. The number of carbonyl (C=O) groups excluding carboxylic acids is 1. The first-order valence-electron chi connectivity index (χ1n) is 7.34. The molecule has 4 atom stereocenters. The second-order valence-electron chi connectivity index (χ2n) is 5.93. The summed E-state index contributed by atoms with van der Waals surface area (Å²) in [5.41, 5.74) is 5.11. The molecule has 1 fully saturated rings. The number of hydrogen-bond donors (Lipinski definition) is 3. The van der Waals surface area contributed by atoms with Gasteiger partial charge in [0.05, 0.1) is 25.2 Å². The summed E-state index contributed by atoms with van der Waals surface area (Å²) in [5, 5.41) is 19.8. The molecule has 0 aromatic carbocycles. The van der Waals surface area contributed by atoms with E-state index in [0.717, 1.165) is 0 Å². The number of imidazole rings is 1. The van der Waals surface area contributed by atoms with Crippen molar-refractivity contribution in [2.24, 2.45) is 5.41 Å². The molecule has 0 aliphatic carbocycles. The van der Waals surface area contributed by atoms with E-state index in [9.17, 15) is 15.0 Å². The van der Waals surface area contributed by atoms with E-state index in [-0.39, 0.29) is 11.8 Å². The van der Waals surface area contributed by atoms with Crippen molar-refractivity contribution >= 4 is 23.4 Å². The Kier molecular flexibility index (Phi) is 3.90.